The molecule has 1 aromatic carbocycles. The molecule has 4 heteroatoms. The van der Waals surface area contributed by atoms with Gasteiger partial charge in [-0.1, -0.05) is 49.5 Å². The summed E-state index contributed by atoms with van der Waals surface area (Å²) in [6, 6.07) is 8.55. The molecule has 1 aromatic rings. The van der Waals surface area contributed by atoms with E-state index in [-0.39, 0.29) is 0 Å². The van der Waals surface area contributed by atoms with Crippen LogP contribution in [0.2, 0.25) is 6.04 Å². The summed E-state index contributed by atoms with van der Waals surface area (Å²) in [6.07, 6.45) is 3.67. The SMILES string of the molecule is C=C[Si](C=C)(CC)c1ccc(C(=O)OO[C]2CCC(C)C(C)C2)cc1. The molecule has 1 radical (unpaired) electrons. The van der Waals surface area contributed by atoms with E-state index in [1.165, 1.54) is 5.19 Å². The van der Waals surface area contributed by atoms with Gasteiger partial charge in [-0.15, -0.1) is 13.2 Å². The molecule has 0 bridgehead atoms. The molecule has 0 aliphatic heterocycles. The number of hydrogen-bond donors (Lipinski definition) is 0. The van der Waals surface area contributed by atoms with Crippen molar-refractivity contribution in [2.75, 3.05) is 0 Å². The van der Waals surface area contributed by atoms with Gasteiger partial charge in [-0.2, -0.15) is 4.89 Å². The van der Waals surface area contributed by atoms with Crippen molar-refractivity contribution in [3.05, 3.63) is 60.5 Å². The van der Waals surface area contributed by atoms with Crippen LogP contribution in [0, 0.1) is 17.9 Å². The average Bonchev–Trinajstić information content (AvgIpc) is 2.65. The van der Waals surface area contributed by atoms with Crippen LogP contribution >= 0.6 is 0 Å². The Morgan fingerprint density at radius 2 is 1.84 bits per heavy atom. The number of carbonyl (C=O) groups excluding carboxylic acids is 1. The second-order valence-corrected chi connectivity index (χ2v) is 11.3. The van der Waals surface area contributed by atoms with Gasteiger partial charge in [-0.3, -0.25) is 4.89 Å². The Morgan fingerprint density at radius 1 is 1.20 bits per heavy atom. The lowest BCUT2D eigenvalue weighted by Crippen LogP contribution is -2.43. The summed E-state index contributed by atoms with van der Waals surface area (Å²) in [5.74, 6) is 0.797. The Labute approximate surface area is 152 Å². The molecule has 0 saturated heterocycles. The Bertz CT molecular complexity index is 600. The molecule has 0 N–H and O–H groups in total. The van der Waals surface area contributed by atoms with Crippen LogP contribution in [-0.4, -0.2) is 14.0 Å². The zero-order valence-electron chi connectivity index (χ0n) is 15.6. The van der Waals surface area contributed by atoms with Crippen molar-refractivity contribution in [2.24, 2.45) is 11.8 Å². The summed E-state index contributed by atoms with van der Waals surface area (Å²) < 4.78 is 0. The molecule has 0 spiro atoms. The van der Waals surface area contributed by atoms with Crippen LogP contribution in [0.25, 0.3) is 0 Å². The highest BCUT2D eigenvalue weighted by Crippen LogP contribution is 2.35. The van der Waals surface area contributed by atoms with Crippen molar-refractivity contribution in [3.8, 4) is 0 Å². The Kier molecular flexibility index (Phi) is 6.79. The third-order valence-corrected chi connectivity index (χ3v) is 9.64. The lowest BCUT2D eigenvalue weighted by molar-refractivity contribution is -0.242. The standard InChI is InChI=1S/C21H29O3Si/c1-6-25(7-2,8-3)20-13-10-18(11-14-20)21(22)24-23-19-12-9-16(4)17(5)15-19/h6-7,10-11,13-14,16-17H,1-2,8-9,12,15H2,3-5H3. The summed E-state index contributed by atoms with van der Waals surface area (Å²) in [7, 11) is -1.87. The molecule has 2 atom stereocenters. The molecule has 135 valence electrons. The zero-order valence-corrected chi connectivity index (χ0v) is 16.6. The number of rotatable bonds is 7. The molecule has 0 heterocycles. The van der Waals surface area contributed by atoms with E-state index in [0.717, 1.165) is 31.4 Å². The third-order valence-electron chi connectivity index (χ3n) is 5.61. The van der Waals surface area contributed by atoms with Crippen LogP contribution in [0.3, 0.4) is 0 Å². The molecule has 1 fully saturated rings. The molecular weight excluding hydrogens is 328 g/mol. The molecule has 2 unspecified atom stereocenters. The molecule has 0 aromatic heterocycles. The van der Waals surface area contributed by atoms with Gasteiger partial charge < -0.3 is 0 Å². The predicted molar refractivity (Wildman–Crippen MR) is 105 cm³/mol. The van der Waals surface area contributed by atoms with Gasteiger partial charge in [-0.25, -0.2) is 4.79 Å². The minimum Gasteiger partial charge on any atom is -0.292 e. The summed E-state index contributed by atoms with van der Waals surface area (Å²) >= 11 is 0. The van der Waals surface area contributed by atoms with E-state index in [4.69, 9.17) is 9.78 Å². The van der Waals surface area contributed by atoms with Gasteiger partial charge in [0.05, 0.1) is 5.56 Å². The predicted octanol–water partition coefficient (Wildman–Crippen LogP) is 4.89. The number of benzene rings is 1. The van der Waals surface area contributed by atoms with Gasteiger partial charge in [0, 0.05) is 0 Å². The van der Waals surface area contributed by atoms with E-state index >= 15 is 0 Å². The van der Waals surface area contributed by atoms with E-state index in [2.05, 4.69) is 33.9 Å². The highest BCUT2D eigenvalue weighted by atomic mass is 28.3. The van der Waals surface area contributed by atoms with Gasteiger partial charge in [-0.05, 0) is 49.3 Å². The fourth-order valence-corrected chi connectivity index (χ4v) is 5.70. The quantitative estimate of drug-likeness (QED) is 0.396. The fourth-order valence-electron chi connectivity index (χ4n) is 3.28. The minimum absolute atomic E-state index is 0.453. The Morgan fingerprint density at radius 3 is 2.36 bits per heavy atom. The lowest BCUT2D eigenvalue weighted by atomic mass is 9.80. The van der Waals surface area contributed by atoms with Crippen molar-refractivity contribution < 1.29 is 14.6 Å². The second kappa shape index (κ2) is 8.63. The maximum absolute atomic E-state index is 12.2. The average molecular weight is 358 g/mol. The normalized spacial score (nSPS) is 21.6. The largest absolute Gasteiger partial charge is 0.373 e. The van der Waals surface area contributed by atoms with Crippen LogP contribution in [0.1, 0.15) is 50.4 Å². The number of carbonyl (C=O) groups is 1. The van der Waals surface area contributed by atoms with Gasteiger partial charge in [0.25, 0.3) is 0 Å². The molecule has 1 aliphatic carbocycles. The zero-order chi connectivity index (χ0) is 18.4. The van der Waals surface area contributed by atoms with E-state index in [9.17, 15) is 4.79 Å². The van der Waals surface area contributed by atoms with Crippen LogP contribution in [0.15, 0.2) is 48.8 Å². The molecule has 1 aliphatic rings. The first-order valence-corrected chi connectivity index (χ1v) is 11.4. The number of hydrogen-bond acceptors (Lipinski definition) is 3. The van der Waals surface area contributed by atoms with Gasteiger partial charge in [0.15, 0.2) is 0 Å². The lowest BCUT2D eigenvalue weighted by Gasteiger charge is -2.29. The maximum atomic E-state index is 12.2. The van der Waals surface area contributed by atoms with E-state index in [1.54, 1.807) is 12.1 Å². The van der Waals surface area contributed by atoms with E-state index < -0.39 is 14.0 Å². The van der Waals surface area contributed by atoms with Crippen LogP contribution in [-0.2, 0) is 9.78 Å². The molecule has 25 heavy (non-hydrogen) atoms. The molecule has 1 saturated carbocycles. The van der Waals surface area contributed by atoms with E-state index in [0.29, 0.717) is 17.4 Å². The van der Waals surface area contributed by atoms with Crippen molar-refractivity contribution in [1.29, 1.82) is 0 Å². The second-order valence-electron chi connectivity index (χ2n) is 7.07. The van der Waals surface area contributed by atoms with Gasteiger partial charge in [0.2, 0.25) is 0 Å². The first-order valence-electron chi connectivity index (χ1n) is 9.07. The maximum Gasteiger partial charge on any atom is 0.373 e. The van der Waals surface area contributed by atoms with Crippen molar-refractivity contribution in [3.63, 3.8) is 0 Å². The van der Waals surface area contributed by atoms with Crippen molar-refractivity contribution >= 4 is 19.2 Å². The molecule has 2 rings (SSSR count). The Balaban J connectivity index is 1.96. The molecular formula is C21H29O3Si. The highest BCUT2D eigenvalue weighted by molar-refractivity contribution is 6.99. The summed E-state index contributed by atoms with van der Waals surface area (Å²) in [5, 5.41) is 1.20. The Hall–Kier alpha value is -1.65. The first kappa shape index (κ1) is 19.7. The van der Waals surface area contributed by atoms with Crippen LogP contribution < -0.4 is 5.19 Å². The van der Waals surface area contributed by atoms with Crippen LogP contribution in [0.5, 0.6) is 0 Å². The summed E-state index contributed by atoms with van der Waals surface area (Å²) in [5.41, 5.74) is 4.55. The smallest absolute Gasteiger partial charge is 0.292 e. The molecule has 0 amide bonds. The molecule has 3 nitrogen and oxygen atoms in total. The van der Waals surface area contributed by atoms with Crippen LogP contribution in [0.4, 0.5) is 0 Å². The first-order chi connectivity index (χ1) is 12.0. The third kappa shape index (κ3) is 4.50. The topological polar surface area (TPSA) is 35.5 Å². The van der Waals surface area contributed by atoms with Gasteiger partial charge >= 0.3 is 5.97 Å². The van der Waals surface area contributed by atoms with Gasteiger partial charge in [0.1, 0.15) is 14.2 Å². The van der Waals surface area contributed by atoms with E-state index in [1.807, 2.05) is 23.5 Å². The highest BCUT2D eigenvalue weighted by Gasteiger charge is 2.28. The van der Waals surface area contributed by atoms with Crippen molar-refractivity contribution in [2.45, 2.75) is 46.1 Å². The monoisotopic (exact) mass is 357 g/mol. The summed E-state index contributed by atoms with van der Waals surface area (Å²) in [4.78, 5) is 22.6. The summed E-state index contributed by atoms with van der Waals surface area (Å²) in [6.45, 7) is 14.6. The van der Waals surface area contributed by atoms with Crippen molar-refractivity contribution in [1.82, 2.24) is 0 Å². The fraction of sp³-hybridized carbons (Fsp3) is 0.429. The minimum atomic E-state index is -1.87.